The van der Waals surface area contributed by atoms with Gasteiger partial charge in [-0.15, -0.1) is 0 Å². The minimum absolute atomic E-state index is 0.197. The first-order valence-corrected chi connectivity index (χ1v) is 7.38. The summed E-state index contributed by atoms with van der Waals surface area (Å²) in [4.78, 5) is 2.49. The number of benzene rings is 1. The summed E-state index contributed by atoms with van der Waals surface area (Å²) in [6, 6.07) is 6.66. The second-order valence-electron chi connectivity index (χ2n) is 5.68. The Morgan fingerprint density at radius 3 is 2.95 bits per heavy atom. The average Bonchev–Trinajstić information content (AvgIpc) is 2.38. The molecule has 1 aliphatic rings. The standard InChI is InChI=1S/C16H26N2O/c1-4-18-9-5-6-14(11-18)17-13(3)15-8-7-12(2)10-16(15)19/h7-8,10,13-14,17,19H,4-6,9,11H2,1-3H3. The number of rotatable bonds is 4. The van der Waals surface area contributed by atoms with Crippen LogP contribution in [0.15, 0.2) is 18.2 Å². The second-order valence-corrected chi connectivity index (χ2v) is 5.68. The predicted molar refractivity (Wildman–Crippen MR) is 79.5 cm³/mol. The van der Waals surface area contributed by atoms with Crippen molar-refractivity contribution in [2.75, 3.05) is 19.6 Å². The van der Waals surface area contributed by atoms with E-state index in [1.807, 2.05) is 19.1 Å². The van der Waals surface area contributed by atoms with Crippen LogP contribution in [-0.4, -0.2) is 35.7 Å². The number of hydrogen-bond acceptors (Lipinski definition) is 3. The van der Waals surface area contributed by atoms with E-state index in [0.29, 0.717) is 11.8 Å². The van der Waals surface area contributed by atoms with Crippen LogP contribution in [0.2, 0.25) is 0 Å². The number of likely N-dealkylation sites (N-methyl/N-ethyl adjacent to an activating group) is 1. The van der Waals surface area contributed by atoms with E-state index in [4.69, 9.17) is 0 Å². The Hall–Kier alpha value is -1.06. The summed E-state index contributed by atoms with van der Waals surface area (Å²) in [5.74, 6) is 0.406. The van der Waals surface area contributed by atoms with Gasteiger partial charge in [-0.2, -0.15) is 0 Å². The molecule has 0 aromatic heterocycles. The van der Waals surface area contributed by atoms with Crippen molar-refractivity contribution >= 4 is 0 Å². The third-order valence-electron chi connectivity index (χ3n) is 4.09. The smallest absolute Gasteiger partial charge is 0.120 e. The minimum atomic E-state index is 0.197. The number of likely N-dealkylation sites (tertiary alicyclic amines) is 1. The molecule has 1 fully saturated rings. The van der Waals surface area contributed by atoms with E-state index < -0.39 is 0 Å². The van der Waals surface area contributed by atoms with Crippen LogP contribution in [0.3, 0.4) is 0 Å². The highest BCUT2D eigenvalue weighted by Crippen LogP contribution is 2.26. The van der Waals surface area contributed by atoms with Crippen LogP contribution in [0.4, 0.5) is 0 Å². The van der Waals surface area contributed by atoms with E-state index in [2.05, 4.69) is 30.1 Å². The number of aromatic hydroxyl groups is 1. The van der Waals surface area contributed by atoms with Crippen molar-refractivity contribution < 1.29 is 5.11 Å². The maximum atomic E-state index is 10.0. The van der Waals surface area contributed by atoms with Gasteiger partial charge in [0.05, 0.1) is 0 Å². The largest absolute Gasteiger partial charge is 0.508 e. The molecule has 0 bridgehead atoms. The summed E-state index contributed by atoms with van der Waals surface area (Å²) >= 11 is 0. The number of hydrogen-bond donors (Lipinski definition) is 2. The van der Waals surface area contributed by atoms with Crippen molar-refractivity contribution in [2.24, 2.45) is 0 Å². The molecule has 0 spiro atoms. The Balaban J connectivity index is 1.98. The maximum Gasteiger partial charge on any atom is 0.120 e. The number of piperidine rings is 1. The number of nitrogens with zero attached hydrogens (tertiary/aromatic N) is 1. The summed E-state index contributed by atoms with van der Waals surface area (Å²) in [6.45, 7) is 9.82. The summed E-state index contributed by atoms with van der Waals surface area (Å²) in [5.41, 5.74) is 2.10. The molecule has 1 aromatic rings. The predicted octanol–water partition coefficient (Wildman–Crippen LogP) is 2.84. The van der Waals surface area contributed by atoms with E-state index in [1.165, 1.54) is 19.4 Å². The molecule has 1 saturated heterocycles. The average molecular weight is 262 g/mol. The Labute approximate surface area is 116 Å². The molecule has 2 rings (SSSR count). The highest BCUT2D eigenvalue weighted by atomic mass is 16.3. The number of phenols is 1. The molecule has 106 valence electrons. The van der Waals surface area contributed by atoms with Crippen LogP contribution in [0.25, 0.3) is 0 Å². The minimum Gasteiger partial charge on any atom is -0.508 e. The van der Waals surface area contributed by atoms with E-state index in [9.17, 15) is 5.11 Å². The van der Waals surface area contributed by atoms with Crippen molar-refractivity contribution in [2.45, 2.75) is 45.7 Å². The fourth-order valence-electron chi connectivity index (χ4n) is 2.94. The third kappa shape index (κ3) is 3.71. The van der Waals surface area contributed by atoms with Gasteiger partial charge in [-0.25, -0.2) is 0 Å². The molecule has 0 saturated carbocycles. The van der Waals surface area contributed by atoms with Crippen molar-refractivity contribution in [3.05, 3.63) is 29.3 Å². The van der Waals surface area contributed by atoms with Gasteiger partial charge < -0.3 is 15.3 Å². The molecule has 1 aliphatic heterocycles. The Bertz CT molecular complexity index is 419. The number of aryl methyl sites for hydroxylation is 1. The lowest BCUT2D eigenvalue weighted by Crippen LogP contribution is -2.46. The first-order valence-electron chi connectivity index (χ1n) is 7.38. The highest BCUT2D eigenvalue weighted by Gasteiger charge is 2.21. The zero-order chi connectivity index (χ0) is 13.8. The van der Waals surface area contributed by atoms with Crippen LogP contribution in [-0.2, 0) is 0 Å². The lowest BCUT2D eigenvalue weighted by Gasteiger charge is -2.34. The molecule has 19 heavy (non-hydrogen) atoms. The molecular formula is C16H26N2O. The van der Waals surface area contributed by atoms with Gasteiger partial charge in [0.1, 0.15) is 5.75 Å². The SMILES string of the molecule is CCN1CCCC(NC(C)c2ccc(C)cc2O)C1. The van der Waals surface area contributed by atoms with Gasteiger partial charge in [0.2, 0.25) is 0 Å². The lowest BCUT2D eigenvalue weighted by atomic mass is 10.0. The van der Waals surface area contributed by atoms with Crippen molar-refractivity contribution in [1.29, 1.82) is 0 Å². The molecule has 2 atom stereocenters. The monoisotopic (exact) mass is 262 g/mol. The fourth-order valence-corrected chi connectivity index (χ4v) is 2.94. The molecule has 2 unspecified atom stereocenters. The highest BCUT2D eigenvalue weighted by molar-refractivity contribution is 5.37. The zero-order valence-corrected chi connectivity index (χ0v) is 12.3. The number of phenolic OH excluding ortho intramolecular Hbond substituents is 1. The van der Waals surface area contributed by atoms with Gasteiger partial charge in [0.25, 0.3) is 0 Å². The maximum absolute atomic E-state index is 10.0. The molecule has 0 aliphatic carbocycles. The zero-order valence-electron chi connectivity index (χ0n) is 12.3. The van der Waals surface area contributed by atoms with Crippen molar-refractivity contribution in [1.82, 2.24) is 10.2 Å². The van der Waals surface area contributed by atoms with Gasteiger partial charge in [0, 0.05) is 24.2 Å². The summed E-state index contributed by atoms with van der Waals surface area (Å²) in [5, 5.41) is 13.7. The second kappa shape index (κ2) is 6.40. The molecule has 1 aromatic carbocycles. The quantitative estimate of drug-likeness (QED) is 0.876. The van der Waals surface area contributed by atoms with Crippen LogP contribution >= 0.6 is 0 Å². The van der Waals surface area contributed by atoms with Gasteiger partial charge in [-0.3, -0.25) is 0 Å². The van der Waals surface area contributed by atoms with Crippen LogP contribution < -0.4 is 5.32 Å². The molecule has 3 nitrogen and oxygen atoms in total. The normalized spacial score (nSPS) is 22.4. The van der Waals surface area contributed by atoms with Gasteiger partial charge in [-0.1, -0.05) is 19.1 Å². The molecule has 0 amide bonds. The van der Waals surface area contributed by atoms with E-state index in [0.717, 1.165) is 24.2 Å². The molecule has 2 N–H and O–H groups in total. The van der Waals surface area contributed by atoms with Crippen LogP contribution in [0.1, 0.15) is 43.9 Å². The van der Waals surface area contributed by atoms with Gasteiger partial charge in [-0.05, 0) is 51.4 Å². The molecule has 0 radical (unpaired) electrons. The molecular weight excluding hydrogens is 236 g/mol. The Kier molecular flexibility index (Phi) is 4.83. The summed E-state index contributed by atoms with van der Waals surface area (Å²) < 4.78 is 0. The first kappa shape index (κ1) is 14.4. The topological polar surface area (TPSA) is 35.5 Å². The Morgan fingerprint density at radius 1 is 1.47 bits per heavy atom. The van der Waals surface area contributed by atoms with E-state index in [-0.39, 0.29) is 6.04 Å². The van der Waals surface area contributed by atoms with Crippen molar-refractivity contribution in [3.63, 3.8) is 0 Å². The number of nitrogens with one attached hydrogen (secondary N) is 1. The summed E-state index contributed by atoms with van der Waals surface area (Å²) in [7, 11) is 0. The molecule has 1 heterocycles. The first-order chi connectivity index (χ1) is 9.10. The molecule has 3 heteroatoms. The van der Waals surface area contributed by atoms with E-state index in [1.54, 1.807) is 0 Å². The fraction of sp³-hybridized carbons (Fsp3) is 0.625. The lowest BCUT2D eigenvalue weighted by molar-refractivity contribution is 0.192. The van der Waals surface area contributed by atoms with Crippen molar-refractivity contribution in [3.8, 4) is 5.75 Å². The van der Waals surface area contributed by atoms with E-state index >= 15 is 0 Å². The summed E-state index contributed by atoms with van der Waals surface area (Å²) in [6.07, 6.45) is 2.49. The third-order valence-corrected chi connectivity index (χ3v) is 4.09. The van der Waals surface area contributed by atoms with Gasteiger partial charge >= 0.3 is 0 Å². The Morgan fingerprint density at radius 2 is 2.26 bits per heavy atom. The van der Waals surface area contributed by atoms with Gasteiger partial charge in [0.15, 0.2) is 0 Å². The van der Waals surface area contributed by atoms with Crippen LogP contribution in [0.5, 0.6) is 5.75 Å². The van der Waals surface area contributed by atoms with Crippen LogP contribution in [0, 0.1) is 6.92 Å².